The molecule has 0 atom stereocenters. The minimum Gasteiger partial charge on any atom is -0.497 e. The molecular formula is C19H22N2O4S. The highest BCUT2D eigenvalue weighted by molar-refractivity contribution is 7.99. The minimum atomic E-state index is -0.214. The van der Waals surface area contributed by atoms with Crippen molar-refractivity contribution < 1.29 is 19.1 Å². The van der Waals surface area contributed by atoms with Crippen molar-refractivity contribution in [2.45, 2.75) is 4.90 Å². The van der Waals surface area contributed by atoms with Crippen LogP contribution in [0.5, 0.6) is 11.5 Å². The Morgan fingerprint density at radius 1 is 1.15 bits per heavy atom. The second kappa shape index (κ2) is 11.0. The number of rotatable bonds is 10. The second-order valence-corrected chi connectivity index (χ2v) is 6.30. The van der Waals surface area contributed by atoms with Gasteiger partial charge in [0.1, 0.15) is 11.5 Å². The molecule has 1 N–H and O–H groups in total. The number of hydrogen-bond acceptors (Lipinski definition) is 6. The summed E-state index contributed by atoms with van der Waals surface area (Å²) in [4.78, 5) is 17.9. The lowest BCUT2D eigenvalue weighted by Gasteiger charge is -2.07. The Balaban J connectivity index is 1.68. The van der Waals surface area contributed by atoms with Crippen LogP contribution in [0, 0.1) is 0 Å². The molecule has 1 amide bonds. The number of carbonyl (C=O) groups is 1. The van der Waals surface area contributed by atoms with E-state index in [1.165, 1.54) is 11.1 Å². The zero-order chi connectivity index (χ0) is 18.6. The van der Waals surface area contributed by atoms with Crippen molar-refractivity contribution >= 4 is 23.9 Å². The summed E-state index contributed by atoms with van der Waals surface area (Å²) in [7, 11) is 3.15. The lowest BCUT2D eigenvalue weighted by Crippen LogP contribution is -2.28. The Morgan fingerprint density at radius 3 is 2.69 bits per heavy atom. The van der Waals surface area contributed by atoms with Gasteiger partial charge in [-0.2, -0.15) is 0 Å². The van der Waals surface area contributed by atoms with Crippen LogP contribution in [-0.2, 0) is 9.63 Å². The molecule has 0 radical (unpaired) electrons. The molecule has 7 heteroatoms. The van der Waals surface area contributed by atoms with Crippen LogP contribution < -0.4 is 14.8 Å². The van der Waals surface area contributed by atoms with Crippen molar-refractivity contribution in [2.75, 3.05) is 33.1 Å². The molecule has 0 fully saturated rings. The van der Waals surface area contributed by atoms with Gasteiger partial charge in [-0.05, 0) is 30.3 Å². The van der Waals surface area contributed by atoms with Crippen LogP contribution in [0.1, 0.15) is 5.56 Å². The van der Waals surface area contributed by atoms with Crippen LogP contribution in [0.4, 0.5) is 0 Å². The number of oxime groups is 1. The molecular weight excluding hydrogens is 352 g/mol. The van der Waals surface area contributed by atoms with E-state index in [0.29, 0.717) is 23.6 Å². The molecule has 2 aromatic rings. The number of thioether (sulfide) groups is 1. The molecule has 0 unspecified atom stereocenters. The topological polar surface area (TPSA) is 69.1 Å². The van der Waals surface area contributed by atoms with Gasteiger partial charge in [-0.25, -0.2) is 0 Å². The first-order chi connectivity index (χ1) is 12.7. The van der Waals surface area contributed by atoms with Gasteiger partial charge in [0.25, 0.3) is 5.91 Å². The third-order valence-electron chi connectivity index (χ3n) is 3.34. The fourth-order valence-corrected chi connectivity index (χ4v) is 2.85. The standard InChI is InChI=1S/C19H22N2O4S/c1-23-16-8-9-18(24-2)15(12-16)13-21-25-14-19(22)20-10-11-26-17-6-4-3-5-7-17/h3-9,12-13H,10-11,14H2,1-2H3,(H,20,22). The summed E-state index contributed by atoms with van der Waals surface area (Å²) < 4.78 is 10.4. The van der Waals surface area contributed by atoms with Gasteiger partial charge in [0.05, 0.1) is 20.4 Å². The van der Waals surface area contributed by atoms with E-state index >= 15 is 0 Å². The normalized spacial score (nSPS) is 10.5. The second-order valence-electron chi connectivity index (χ2n) is 5.13. The van der Waals surface area contributed by atoms with Gasteiger partial charge >= 0.3 is 0 Å². The Labute approximate surface area is 157 Å². The molecule has 0 aromatic heterocycles. The van der Waals surface area contributed by atoms with Crippen molar-refractivity contribution in [3.8, 4) is 11.5 Å². The number of amides is 1. The van der Waals surface area contributed by atoms with Crippen LogP contribution in [0.2, 0.25) is 0 Å². The third kappa shape index (κ3) is 6.68. The highest BCUT2D eigenvalue weighted by atomic mass is 32.2. The molecule has 2 aromatic carbocycles. The molecule has 0 aliphatic carbocycles. The first-order valence-corrected chi connectivity index (χ1v) is 9.03. The number of carbonyl (C=O) groups excluding carboxylic acids is 1. The number of nitrogens with one attached hydrogen (secondary N) is 1. The van der Waals surface area contributed by atoms with Crippen molar-refractivity contribution in [1.29, 1.82) is 0 Å². The van der Waals surface area contributed by atoms with Crippen molar-refractivity contribution in [1.82, 2.24) is 5.32 Å². The number of methoxy groups -OCH3 is 2. The fourth-order valence-electron chi connectivity index (χ4n) is 2.06. The monoisotopic (exact) mass is 374 g/mol. The molecule has 0 aliphatic rings. The van der Waals surface area contributed by atoms with E-state index in [9.17, 15) is 4.79 Å². The number of ether oxygens (including phenoxy) is 2. The van der Waals surface area contributed by atoms with Crippen molar-refractivity contribution in [2.24, 2.45) is 5.16 Å². The quantitative estimate of drug-likeness (QED) is 0.300. The van der Waals surface area contributed by atoms with Crippen LogP contribution in [0.25, 0.3) is 0 Å². The minimum absolute atomic E-state index is 0.140. The summed E-state index contributed by atoms with van der Waals surface area (Å²) in [5, 5.41) is 6.60. The van der Waals surface area contributed by atoms with E-state index in [-0.39, 0.29) is 12.5 Å². The summed E-state index contributed by atoms with van der Waals surface area (Å²) >= 11 is 1.68. The van der Waals surface area contributed by atoms with Gasteiger partial charge in [0.2, 0.25) is 0 Å². The van der Waals surface area contributed by atoms with E-state index < -0.39 is 0 Å². The van der Waals surface area contributed by atoms with Crippen LogP contribution in [-0.4, -0.2) is 45.2 Å². The average molecular weight is 374 g/mol. The highest BCUT2D eigenvalue weighted by Gasteiger charge is 2.04. The molecule has 0 saturated heterocycles. The maximum absolute atomic E-state index is 11.7. The maximum atomic E-state index is 11.7. The lowest BCUT2D eigenvalue weighted by molar-refractivity contribution is -0.125. The number of benzene rings is 2. The zero-order valence-corrected chi connectivity index (χ0v) is 15.6. The van der Waals surface area contributed by atoms with Gasteiger partial charge in [0.15, 0.2) is 6.61 Å². The average Bonchev–Trinajstić information content (AvgIpc) is 2.69. The van der Waals surface area contributed by atoms with Crippen LogP contribution >= 0.6 is 11.8 Å². The van der Waals surface area contributed by atoms with Crippen LogP contribution in [0.15, 0.2) is 58.6 Å². The predicted octanol–water partition coefficient (Wildman–Crippen LogP) is 2.96. The van der Waals surface area contributed by atoms with Gasteiger partial charge in [0, 0.05) is 22.8 Å². The molecule has 0 heterocycles. The Kier molecular flexibility index (Phi) is 8.35. The van der Waals surface area contributed by atoms with Gasteiger partial charge in [-0.15, -0.1) is 11.8 Å². The summed E-state index contributed by atoms with van der Waals surface area (Å²) in [6.07, 6.45) is 1.49. The summed E-state index contributed by atoms with van der Waals surface area (Å²) in [6.45, 7) is 0.425. The first kappa shape index (κ1) is 19.7. The van der Waals surface area contributed by atoms with Gasteiger partial charge in [-0.3, -0.25) is 4.79 Å². The Hall–Kier alpha value is -2.67. The smallest absolute Gasteiger partial charge is 0.260 e. The third-order valence-corrected chi connectivity index (χ3v) is 4.35. The molecule has 26 heavy (non-hydrogen) atoms. The SMILES string of the molecule is COc1ccc(OC)c(C=NOCC(=O)NCCSc2ccccc2)c1. The molecule has 0 spiro atoms. The summed E-state index contributed by atoms with van der Waals surface area (Å²) in [6, 6.07) is 15.4. The van der Waals surface area contributed by atoms with Crippen molar-refractivity contribution in [3.63, 3.8) is 0 Å². The predicted molar refractivity (Wildman–Crippen MR) is 103 cm³/mol. The zero-order valence-electron chi connectivity index (χ0n) is 14.8. The maximum Gasteiger partial charge on any atom is 0.260 e. The van der Waals surface area contributed by atoms with Gasteiger partial charge < -0.3 is 19.6 Å². The lowest BCUT2D eigenvalue weighted by atomic mass is 10.2. The molecule has 0 aliphatic heterocycles. The summed E-state index contributed by atoms with van der Waals surface area (Å²) in [5.74, 6) is 1.90. The highest BCUT2D eigenvalue weighted by Crippen LogP contribution is 2.22. The van der Waals surface area contributed by atoms with Gasteiger partial charge in [-0.1, -0.05) is 23.4 Å². The molecule has 0 bridgehead atoms. The number of hydrogen-bond donors (Lipinski definition) is 1. The fraction of sp³-hybridized carbons (Fsp3) is 0.263. The van der Waals surface area contributed by atoms with E-state index in [2.05, 4.69) is 10.5 Å². The van der Waals surface area contributed by atoms with E-state index in [1.807, 2.05) is 30.3 Å². The Morgan fingerprint density at radius 2 is 1.96 bits per heavy atom. The molecule has 6 nitrogen and oxygen atoms in total. The van der Waals surface area contributed by atoms with Crippen LogP contribution in [0.3, 0.4) is 0 Å². The van der Waals surface area contributed by atoms with E-state index in [4.69, 9.17) is 14.3 Å². The number of nitrogens with zero attached hydrogens (tertiary/aromatic N) is 1. The van der Waals surface area contributed by atoms with Crippen molar-refractivity contribution in [3.05, 3.63) is 54.1 Å². The molecule has 0 saturated carbocycles. The van der Waals surface area contributed by atoms with E-state index in [0.717, 1.165) is 5.75 Å². The molecule has 2 rings (SSSR count). The first-order valence-electron chi connectivity index (χ1n) is 8.05. The largest absolute Gasteiger partial charge is 0.497 e. The Bertz CT molecular complexity index is 723. The van der Waals surface area contributed by atoms with E-state index in [1.54, 1.807) is 44.2 Å². The molecule has 138 valence electrons. The summed E-state index contributed by atoms with van der Waals surface area (Å²) in [5.41, 5.74) is 0.700.